The third-order valence-electron chi connectivity index (χ3n) is 1.82. The first-order valence-corrected chi connectivity index (χ1v) is 3.52. The Labute approximate surface area is 68.0 Å². The standard InChI is InChI=1S/C6H11FO5/c7-3-5(10)4(9)2(1-8)12-6(3)11/h2-6,8-11H,1H2/t2-,3-,4-,5-,6-/m0/s1. The van der Waals surface area contributed by atoms with Crippen LogP contribution in [0.5, 0.6) is 0 Å². The lowest BCUT2D eigenvalue weighted by molar-refractivity contribution is -0.271. The number of halogens is 1. The van der Waals surface area contributed by atoms with Crippen LogP contribution in [0, 0.1) is 0 Å². The van der Waals surface area contributed by atoms with Crippen LogP contribution in [0.2, 0.25) is 0 Å². The molecular formula is C6H11FO5. The molecule has 0 amide bonds. The van der Waals surface area contributed by atoms with E-state index in [-0.39, 0.29) is 0 Å². The Kier molecular flexibility index (Phi) is 2.97. The highest BCUT2D eigenvalue weighted by molar-refractivity contribution is 4.88. The van der Waals surface area contributed by atoms with E-state index in [9.17, 15) is 4.39 Å². The molecule has 0 saturated carbocycles. The number of hydrogen-bond donors (Lipinski definition) is 4. The molecule has 0 aliphatic carbocycles. The molecular weight excluding hydrogens is 171 g/mol. The molecule has 5 nitrogen and oxygen atoms in total. The van der Waals surface area contributed by atoms with Crippen LogP contribution in [0.15, 0.2) is 0 Å². The van der Waals surface area contributed by atoms with E-state index in [1.54, 1.807) is 0 Å². The Morgan fingerprint density at radius 1 is 1.17 bits per heavy atom. The molecule has 0 aromatic heterocycles. The van der Waals surface area contributed by atoms with Crippen molar-refractivity contribution >= 4 is 0 Å². The third-order valence-corrected chi connectivity index (χ3v) is 1.82. The average Bonchev–Trinajstić information content (AvgIpc) is 2.08. The van der Waals surface area contributed by atoms with Crippen LogP contribution in [-0.4, -0.2) is 57.8 Å². The quantitative estimate of drug-likeness (QED) is 0.368. The third kappa shape index (κ3) is 1.57. The predicted octanol–water partition coefficient (Wildman–Crippen LogP) is -2.24. The van der Waals surface area contributed by atoms with E-state index < -0.39 is 37.4 Å². The maximum atomic E-state index is 12.7. The summed E-state index contributed by atoms with van der Waals surface area (Å²) in [5.74, 6) is 0. The maximum Gasteiger partial charge on any atom is 0.189 e. The predicted molar refractivity (Wildman–Crippen MR) is 34.9 cm³/mol. The summed E-state index contributed by atoms with van der Waals surface area (Å²) in [6, 6.07) is 0. The summed E-state index contributed by atoms with van der Waals surface area (Å²) in [6.45, 7) is -0.581. The highest BCUT2D eigenvalue weighted by Gasteiger charge is 2.43. The van der Waals surface area contributed by atoms with Crippen LogP contribution < -0.4 is 0 Å². The molecule has 0 bridgehead atoms. The summed E-state index contributed by atoms with van der Waals surface area (Å²) < 4.78 is 17.1. The van der Waals surface area contributed by atoms with Gasteiger partial charge >= 0.3 is 0 Å². The highest BCUT2D eigenvalue weighted by atomic mass is 19.1. The topological polar surface area (TPSA) is 90.2 Å². The zero-order chi connectivity index (χ0) is 9.30. The lowest BCUT2D eigenvalue weighted by Gasteiger charge is -2.36. The van der Waals surface area contributed by atoms with Gasteiger partial charge in [0.2, 0.25) is 0 Å². The number of rotatable bonds is 1. The molecule has 0 aromatic carbocycles. The molecule has 0 unspecified atom stereocenters. The van der Waals surface area contributed by atoms with Crippen molar-refractivity contribution in [3.05, 3.63) is 0 Å². The van der Waals surface area contributed by atoms with Gasteiger partial charge in [-0.25, -0.2) is 4.39 Å². The van der Waals surface area contributed by atoms with Crippen molar-refractivity contribution in [2.45, 2.75) is 30.8 Å². The van der Waals surface area contributed by atoms with Gasteiger partial charge in [0, 0.05) is 0 Å². The van der Waals surface area contributed by atoms with E-state index in [2.05, 4.69) is 4.74 Å². The summed E-state index contributed by atoms with van der Waals surface area (Å²) in [6.07, 6.45) is -8.19. The van der Waals surface area contributed by atoms with Crippen LogP contribution in [0.3, 0.4) is 0 Å². The van der Waals surface area contributed by atoms with Gasteiger partial charge in [-0.05, 0) is 0 Å². The summed E-state index contributed by atoms with van der Waals surface area (Å²) in [4.78, 5) is 0. The number of hydrogen-bond acceptors (Lipinski definition) is 5. The fraction of sp³-hybridized carbons (Fsp3) is 1.00. The molecule has 0 aromatic rings. The number of aliphatic hydroxyl groups excluding tert-OH is 4. The molecule has 12 heavy (non-hydrogen) atoms. The van der Waals surface area contributed by atoms with Crippen LogP contribution in [0.1, 0.15) is 0 Å². The molecule has 1 rings (SSSR count). The normalized spacial score (nSPS) is 49.2. The number of aliphatic hydroxyl groups is 4. The van der Waals surface area contributed by atoms with E-state index in [1.165, 1.54) is 0 Å². The minimum absolute atomic E-state index is 0.581. The molecule has 1 aliphatic rings. The molecule has 6 heteroatoms. The molecule has 72 valence electrons. The minimum atomic E-state index is -2.04. The van der Waals surface area contributed by atoms with Crippen LogP contribution in [-0.2, 0) is 4.74 Å². The lowest BCUT2D eigenvalue weighted by atomic mass is 10.0. The average molecular weight is 182 g/mol. The molecule has 4 N–H and O–H groups in total. The van der Waals surface area contributed by atoms with E-state index in [0.29, 0.717) is 0 Å². The Hall–Kier alpha value is -0.270. The van der Waals surface area contributed by atoms with Gasteiger partial charge in [0.15, 0.2) is 12.5 Å². The molecule has 1 aliphatic heterocycles. The van der Waals surface area contributed by atoms with Gasteiger partial charge in [-0.15, -0.1) is 0 Å². The number of ether oxygens (including phenoxy) is 1. The second-order valence-electron chi connectivity index (χ2n) is 2.67. The van der Waals surface area contributed by atoms with Crippen molar-refractivity contribution in [1.82, 2.24) is 0 Å². The first kappa shape index (κ1) is 9.82. The second-order valence-corrected chi connectivity index (χ2v) is 2.67. The van der Waals surface area contributed by atoms with Gasteiger partial charge in [-0.1, -0.05) is 0 Å². The summed E-state index contributed by atoms with van der Waals surface area (Å²) in [5.41, 5.74) is 0. The van der Waals surface area contributed by atoms with Gasteiger partial charge in [0.1, 0.15) is 18.3 Å². The summed E-state index contributed by atoms with van der Waals surface area (Å²) in [7, 11) is 0. The van der Waals surface area contributed by atoms with Crippen molar-refractivity contribution in [2.75, 3.05) is 6.61 Å². The van der Waals surface area contributed by atoms with Crippen LogP contribution in [0.25, 0.3) is 0 Å². The monoisotopic (exact) mass is 182 g/mol. The van der Waals surface area contributed by atoms with Crippen LogP contribution in [0.4, 0.5) is 4.39 Å². The molecule has 1 heterocycles. The zero-order valence-electron chi connectivity index (χ0n) is 6.17. The Bertz CT molecular complexity index is 150. The van der Waals surface area contributed by atoms with E-state index >= 15 is 0 Å². The van der Waals surface area contributed by atoms with Gasteiger partial charge in [-0.3, -0.25) is 0 Å². The van der Waals surface area contributed by atoms with Crippen molar-refractivity contribution in [3.8, 4) is 0 Å². The molecule has 0 spiro atoms. The second kappa shape index (κ2) is 3.63. The lowest BCUT2D eigenvalue weighted by Crippen LogP contribution is -2.56. The smallest absolute Gasteiger partial charge is 0.189 e. The summed E-state index contributed by atoms with van der Waals surface area (Å²) >= 11 is 0. The van der Waals surface area contributed by atoms with E-state index in [1.807, 2.05) is 0 Å². The molecule has 1 fully saturated rings. The van der Waals surface area contributed by atoms with Crippen molar-refractivity contribution < 1.29 is 29.6 Å². The summed E-state index contributed by atoms with van der Waals surface area (Å²) in [5, 5.41) is 35.3. The number of alkyl halides is 1. The van der Waals surface area contributed by atoms with Crippen molar-refractivity contribution in [2.24, 2.45) is 0 Å². The first-order chi connectivity index (χ1) is 5.57. The van der Waals surface area contributed by atoms with E-state index in [0.717, 1.165) is 0 Å². The van der Waals surface area contributed by atoms with Crippen molar-refractivity contribution in [1.29, 1.82) is 0 Å². The van der Waals surface area contributed by atoms with E-state index in [4.69, 9.17) is 20.4 Å². The van der Waals surface area contributed by atoms with Crippen molar-refractivity contribution in [3.63, 3.8) is 0 Å². The van der Waals surface area contributed by atoms with Gasteiger partial charge in [0.25, 0.3) is 0 Å². The molecule has 1 saturated heterocycles. The van der Waals surface area contributed by atoms with Crippen LogP contribution >= 0.6 is 0 Å². The van der Waals surface area contributed by atoms with Gasteiger partial charge < -0.3 is 25.2 Å². The Morgan fingerprint density at radius 2 is 1.75 bits per heavy atom. The molecule has 0 radical (unpaired) electrons. The Morgan fingerprint density at radius 3 is 2.25 bits per heavy atom. The Balaban J connectivity index is 2.63. The van der Waals surface area contributed by atoms with Gasteiger partial charge in [0.05, 0.1) is 6.61 Å². The van der Waals surface area contributed by atoms with Gasteiger partial charge in [-0.2, -0.15) is 0 Å². The molecule has 5 atom stereocenters. The SMILES string of the molecule is OC[C@@H]1O[C@H](O)[C@@H](F)[C@H](O)[C@H]1O. The minimum Gasteiger partial charge on any atom is -0.394 e. The largest absolute Gasteiger partial charge is 0.394 e. The maximum absolute atomic E-state index is 12.7. The zero-order valence-corrected chi connectivity index (χ0v) is 6.17. The fourth-order valence-corrected chi connectivity index (χ4v) is 1.06. The fourth-order valence-electron chi connectivity index (χ4n) is 1.06. The first-order valence-electron chi connectivity index (χ1n) is 3.52. The highest BCUT2D eigenvalue weighted by Crippen LogP contribution is 2.21.